The van der Waals surface area contributed by atoms with E-state index in [9.17, 15) is 9.36 Å². The van der Waals surface area contributed by atoms with Crippen molar-refractivity contribution in [3.8, 4) is 0 Å². The molecule has 0 rings (SSSR count). The molecule has 7 heteroatoms. The van der Waals surface area contributed by atoms with Crippen LogP contribution in [0.5, 0.6) is 0 Å². The number of esters is 1. The first kappa shape index (κ1) is 18.2. The Hall–Kier alpha value is -0.840. The summed E-state index contributed by atoms with van der Waals surface area (Å²) in [5, 5.41) is 0. The van der Waals surface area contributed by atoms with Crippen LogP contribution in [0, 0.1) is 5.41 Å². The van der Waals surface area contributed by atoms with Gasteiger partial charge in [0.2, 0.25) is 5.76 Å². The highest BCUT2D eigenvalue weighted by atomic mass is 31.2. The van der Waals surface area contributed by atoms with E-state index in [2.05, 4.69) is 6.58 Å². The van der Waals surface area contributed by atoms with Gasteiger partial charge in [0, 0.05) is 0 Å². The Balaban J connectivity index is 4.77. The Morgan fingerprint density at radius 2 is 1.84 bits per heavy atom. The van der Waals surface area contributed by atoms with Crippen LogP contribution >= 0.6 is 7.75 Å². The maximum atomic E-state index is 12.5. The Labute approximate surface area is 115 Å². The molecule has 0 aliphatic carbocycles. The van der Waals surface area contributed by atoms with Crippen LogP contribution in [-0.2, 0) is 23.1 Å². The van der Waals surface area contributed by atoms with Crippen molar-refractivity contribution in [2.24, 2.45) is 5.41 Å². The lowest BCUT2D eigenvalue weighted by Crippen LogP contribution is -2.21. The van der Waals surface area contributed by atoms with Crippen LogP contribution in [0.1, 0.15) is 27.7 Å². The van der Waals surface area contributed by atoms with E-state index < -0.39 is 13.7 Å². The van der Waals surface area contributed by atoms with Crippen LogP contribution in [0.15, 0.2) is 12.3 Å². The largest absolute Gasteiger partial charge is 0.461 e. The summed E-state index contributed by atoms with van der Waals surface area (Å²) in [5.74, 6) is -1.07. The van der Waals surface area contributed by atoms with Gasteiger partial charge in [-0.1, -0.05) is 20.8 Å². The van der Waals surface area contributed by atoms with Gasteiger partial charge in [-0.15, -0.1) is 0 Å². The summed E-state index contributed by atoms with van der Waals surface area (Å²) in [6.45, 7) is 11.3. The van der Waals surface area contributed by atoms with Crippen LogP contribution in [-0.4, -0.2) is 37.9 Å². The molecule has 0 aromatic heterocycles. The first-order chi connectivity index (χ1) is 8.52. The molecule has 0 saturated carbocycles. The van der Waals surface area contributed by atoms with Gasteiger partial charge in [-0.2, -0.15) is 0 Å². The van der Waals surface area contributed by atoms with Crippen molar-refractivity contribution in [3.05, 3.63) is 12.3 Å². The molecule has 0 aromatic rings. The standard InChI is InChI=1S/C12H24NO5P/c1-8-16-11(14)10(2)18-19(15,13(6)7)17-9-12(3,4)5/h2,8-9H2,1,3-7H3. The third-order valence-electron chi connectivity index (χ3n) is 1.88. The number of hydrogen-bond acceptors (Lipinski definition) is 5. The molecule has 0 aromatic carbocycles. The first-order valence-corrected chi connectivity index (χ1v) is 7.49. The summed E-state index contributed by atoms with van der Waals surface area (Å²) < 4.78 is 28.9. The van der Waals surface area contributed by atoms with Crippen LogP contribution in [0.25, 0.3) is 0 Å². The van der Waals surface area contributed by atoms with Crippen LogP contribution < -0.4 is 0 Å². The predicted molar refractivity (Wildman–Crippen MR) is 73.6 cm³/mol. The highest BCUT2D eigenvalue weighted by Gasteiger charge is 2.34. The number of carbonyl (C=O) groups is 1. The Kier molecular flexibility index (Phi) is 6.77. The summed E-state index contributed by atoms with van der Waals surface area (Å²) in [7, 11) is -0.501. The third kappa shape index (κ3) is 6.76. The molecular weight excluding hydrogens is 269 g/mol. The molecule has 0 fully saturated rings. The summed E-state index contributed by atoms with van der Waals surface area (Å²) in [4.78, 5) is 11.4. The van der Waals surface area contributed by atoms with Crippen molar-refractivity contribution in [3.63, 3.8) is 0 Å². The average Bonchev–Trinajstić information content (AvgIpc) is 2.25. The van der Waals surface area contributed by atoms with Crippen LogP contribution in [0.2, 0.25) is 0 Å². The Bertz CT molecular complexity index is 373. The van der Waals surface area contributed by atoms with E-state index >= 15 is 0 Å². The number of hydrogen-bond donors (Lipinski definition) is 0. The van der Waals surface area contributed by atoms with Gasteiger partial charge in [0.1, 0.15) is 0 Å². The second kappa shape index (κ2) is 7.08. The zero-order valence-electron chi connectivity index (χ0n) is 12.6. The maximum absolute atomic E-state index is 12.5. The van der Waals surface area contributed by atoms with E-state index in [0.29, 0.717) is 0 Å². The van der Waals surface area contributed by atoms with E-state index in [1.807, 2.05) is 20.8 Å². The second-order valence-electron chi connectivity index (χ2n) is 5.38. The molecule has 19 heavy (non-hydrogen) atoms. The number of carbonyl (C=O) groups excluding carboxylic acids is 1. The lowest BCUT2D eigenvalue weighted by Gasteiger charge is -2.27. The number of nitrogens with zero attached hydrogens (tertiary/aromatic N) is 1. The molecule has 0 bridgehead atoms. The fraction of sp³-hybridized carbons (Fsp3) is 0.750. The molecule has 0 amide bonds. The van der Waals surface area contributed by atoms with Gasteiger partial charge in [-0.25, -0.2) is 14.0 Å². The molecular formula is C12H24NO5P. The van der Waals surface area contributed by atoms with Crippen LogP contribution in [0.4, 0.5) is 0 Å². The molecule has 0 aliphatic rings. The van der Waals surface area contributed by atoms with Gasteiger partial charge in [0.15, 0.2) is 0 Å². The van der Waals surface area contributed by atoms with Crippen molar-refractivity contribution >= 4 is 13.7 Å². The summed E-state index contributed by atoms with van der Waals surface area (Å²) in [6, 6.07) is 0. The minimum Gasteiger partial charge on any atom is -0.460 e. The van der Waals surface area contributed by atoms with E-state index in [4.69, 9.17) is 13.8 Å². The SMILES string of the molecule is C=C(OP(=O)(OCC(C)(C)C)N(C)C)C(=O)OCC. The lowest BCUT2D eigenvalue weighted by atomic mass is 9.99. The molecule has 1 atom stereocenters. The molecule has 6 nitrogen and oxygen atoms in total. The quantitative estimate of drug-likeness (QED) is 0.311. The van der Waals surface area contributed by atoms with Crippen molar-refractivity contribution in [2.45, 2.75) is 27.7 Å². The van der Waals surface area contributed by atoms with Gasteiger partial charge in [0.05, 0.1) is 13.2 Å². The molecule has 1 unspecified atom stereocenters. The van der Waals surface area contributed by atoms with Crippen LogP contribution in [0.3, 0.4) is 0 Å². The molecule has 0 aliphatic heterocycles. The van der Waals surface area contributed by atoms with E-state index in [1.165, 1.54) is 4.67 Å². The molecule has 0 spiro atoms. The first-order valence-electron chi connectivity index (χ1n) is 6.00. The van der Waals surface area contributed by atoms with Gasteiger partial charge in [-0.05, 0) is 33.0 Å². The maximum Gasteiger partial charge on any atom is 0.461 e. The highest BCUT2D eigenvalue weighted by molar-refractivity contribution is 7.51. The molecule has 0 saturated heterocycles. The lowest BCUT2D eigenvalue weighted by molar-refractivity contribution is -0.141. The third-order valence-corrected chi connectivity index (χ3v) is 3.77. The monoisotopic (exact) mass is 293 g/mol. The minimum atomic E-state index is -3.59. The Morgan fingerprint density at radius 3 is 2.21 bits per heavy atom. The van der Waals surface area contributed by atoms with Crippen molar-refractivity contribution in [1.82, 2.24) is 4.67 Å². The fourth-order valence-corrected chi connectivity index (χ4v) is 2.24. The topological polar surface area (TPSA) is 65.1 Å². The summed E-state index contributed by atoms with van der Waals surface area (Å²) in [5.41, 5.74) is -0.180. The molecule has 0 heterocycles. The smallest absolute Gasteiger partial charge is 0.460 e. The van der Waals surface area contributed by atoms with Gasteiger partial charge >= 0.3 is 13.7 Å². The number of ether oxygens (including phenoxy) is 1. The molecule has 112 valence electrons. The average molecular weight is 293 g/mol. The van der Waals surface area contributed by atoms with Gasteiger partial charge in [0.25, 0.3) is 0 Å². The summed E-state index contributed by atoms with van der Waals surface area (Å²) >= 11 is 0. The van der Waals surface area contributed by atoms with Gasteiger partial charge in [-0.3, -0.25) is 4.52 Å². The second-order valence-corrected chi connectivity index (χ2v) is 7.56. The Morgan fingerprint density at radius 1 is 1.32 bits per heavy atom. The predicted octanol–water partition coefficient (Wildman–Crippen LogP) is 2.81. The molecule has 0 N–H and O–H groups in total. The normalized spacial score (nSPS) is 14.9. The van der Waals surface area contributed by atoms with E-state index in [0.717, 1.165) is 0 Å². The molecule has 0 radical (unpaired) electrons. The fourth-order valence-electron chi connectivity index (χ4n) is 0.887. The van der Waals surface area contributed by atoms with Crippen molar-refractivity contribution in [1.29, 1.82) is 0 Å². The zero-order chi connectivity index (χ0) is 15.3. The minimum absolute atomic E-state index is 0.180. The van der Waals surface area contributed by atoms with E-state index in [-0.39, 0.29) is 24.4 Å². The van der Waals surface area contributed by atoms with Gasteiger partial charge < -0.3 is 9.26 Å². The number of rotatable bonds is 7. The van der Waals surface area contributed by atoms with Crippen molar-refractivity contribution < 1.29 is 23.1 Å². The zero-order valence-corrected chi connectivity index (χ0v) is 13.5. The van der Waals surface area contributed by atoms with E-state index in [1.54, 1.807) is 21.0 Å². The highest BCUT2D eigenvalue weighted by Crippen LogP contribution is 2.52. The van der Waals surface area contributed by atoms with Crippen molar-refractivity contribution in [2.75, 3.05) is 27.3 Å². The summed E-state index contributed by atoms with van der Waals surface area (Å²) in [6.07, 6.45) is 0.